The van der Waals surface area contributed by atoms with Gasteiger partial charge in [0, 0.05) is 5.56 Å². The highest BCUT2D eigenvalue weighted by atomic mass is 16.1. The standard InChI is InChI=1S/C16H15N3O/c1-2-12-5-3-4-6-13(12)16(20)19-15-8-7-11(10-17)9-14(15)18/h3-9H,2,18H2,1H3,(H,19,20). The normalized spacial score (nSPS) is 9.80. The first-order chi connectivity index (χ1) is 9.65. The predicted molar refractivity (Wildman–Crippen MR) is 79.3 cm³/mol. The van der Waals surface area contributed by atoms with E-state index in [0.717, 1.165) is 12.0 Å². The van der Waals surface area contributed by atoms with Crippen molar-refractivity contribution in [1.82, 2.24) is 0 Å². The van der Waals surface area contributed by atoms with Gasteiger partial charge in [-0.25, -0.2) is 0 Å². The SMILES string of the molecule is CCc1ccccc1C(=O)Nc1ccc(C#N)cc1N. The smallest absolute Gasteiger partial charge is 0.255 e. The third-order valence-electron chi connectivity index (χ3n) is 3.07. The summed E-state index contributed by atoms with van der Waals surface area (Å²) >= 11 is 0. The van der Waals surface area contributed by atoms with Crippen LogP contribution in [0, 0.1) is 11.3 Å². The number of nitrogens with zero attached hydrogens (tertiary/aromatic N) is 1. The number of carbonyl (C=O) groups is 1. The molecule has 0 bridgehead atoms. The van der Waals surface area contributed by atoms with Crippen LogP contribution in [-0.2, 0) is 6.42 Å². The molecule has 4 heteroatoms. The largest absolute Gasteiger partial charge is 0.397 e. The van der Waals surface area contributed by atoms with Crippen molar-refractivity contribution in [2.75, 3.05) is 11.1 Å². The van der Waals surface area contributed by atoms with Crippen molar-refractivity contribution in [3.05, 3.63) is 59.2 Å². The minimum atomic E-state index is -0.196. The number of rotatable bonds is 3. The zero-order valence-electron chi connectivity index (χ0n) is 11.2. The summed E-state index contributed by atoms with van der Waals surface area (Å²) in [7, 11) is 0. The molecule has 0 radical (unpaired) electrons. The summed E-state index contributed by atoms with van der Waals surface area (Å²) in [6, 6.07) is 14.3. The van der Waals surface area contributed by atoms with Gasteiger partial charge in [-0.05, 0) is 36.2 Å². The second kappa shape index (κ2) is 5.89. The molecular weight excluding hydrogens is 250 g/mol. The number of benzene rings is 2. The van der Waals surface area contributed by atoms with Crippen LogP contribution in [0.15, 0.2) is 42.5 Å². The molecule has 0 aliphatic heterocycles. The molecule has 0 spiro atoms. The topological polar surface area (TPSA) is 78.9 Å². The fourth-order valence-electron chi connectivity index (χ4n) is 1.99. The van der Waals surface area contributed by atoms with E-state index >= 15 is 0 Å². The average molecular weight is 265 g/mol. The van der Waals surface area contributed by atoms with E-state index in [2.05, 4.69) is 5.32 Å². The molecule has 2 aromatic carbocycles. The minimum absolute atomic E-state index is 0.196. The Morgan fingerprint density at radius 1 is 1.30 bits per heavy atom. The maximum absolute atomic E-state index is 12.3. The minimum Gasteiger partial charge on any atom is -0.397 e. The number of nitrogens with two attached hydrogens (primary N) is 1. The summed E-state index contributed by atoms with van der Waals surface area (Å²) in [6.07, 6.45) is 0.784. The van der Waals surface area contributed by atoms with Crippen molar-refractivity contribution < 1.29 is 4.79 Å². The van der Waals surface area contributed by atoms with Crippen LogP contribution >= 0.6 is 0 Å². The van der Waals surface area contributed by atoms with E-state index in [0.29, 0.717) is 22.5 Å². The second-order valence-electron chi connectivity index (χ2n) is 4.38. The van der Waals surface area contributed by atoms with Gasteiger partial charge in [-0.3, -0.25) is 4.79 Å². The molecule has 100 valence electrons. The number of hydrogen-bond acceptors (Lipinski definition) is 3. The molecule has 0 aromatic heterocycles. The van der Waals surface area contributed by atoms with E-state index < -0.39 is 0 Å². The quantitative estimate of drug-likeness (QED) is 0.837. The Balaban J connectivity index is 2.26. The van der Waals surface area contributed by atoms with E-state index in [-0.39, 0.29) is 5.91 Å². The molecular formula is C16H15N3O. The Hall–Kier alpha value is -2.80. The van der Waals surface area contributed by atoms with Crippen LogP contribution in [0.4, 0.5) is 11.4 Å². The van der Waals surface area contributed by atoms with Crippen molar-refractivity contribution in [1.29, 1.82) is 5.26 Å². The van der Waals surface area contributed by atoms with Crippen molar-refractivity contribution in [2.24, 2.45) is 0 Å². The summed E-state index contributed by atoms with van der Waals surface area (Å²) in [5, 5.41) is 11.6. The molecule has 2 rings (SSSR count). The number of nitrogens with one attached hydrogen (secondary N) is 1. The van der Waals surface area contributed by atoms with Crippen LogP contribution in [0.5, 0.6) is 0 Å². The van der Waals surface area contributed by atoms with Gasteiger partial charge < -0.3 is 11.1 Å². The molecule has 0 aliphatic carbocycles. The van der Waals surface area contributed by atoms with Crippen molar-refractivity contribution in [3.63, 3.8) is 0 Å². The van der Waals surface area contributed by atoms with E-state index in [1.165, 1.54) is 0 Å². The Kier molecular flexibility index (Phi) is 4.02. The van der Waals surface area contributed by atoms with Gasteiger partial charge in [0.1, 0.15) is 0 Å². The Bertz CT molecular complexity index is 686. The van der Waals surface area contributed by atoms with Gasteiger partial charge in [0.05, 0.1) is 23.0 Å². The lowest BCUT2D eigenvalue weighted by Gasteiger charge is -2.10. The molecule has 1 amide bonds. The molecule has 0 aliphatic rings. The summed E-state index contributed by atoms with van der Waals surface area (Å²) in [5.74, 6) is -0.196. The summed E-state index contributed by atoms with van der Waals surface area (Å²) in [4.78, 5) is 12.3. The number of nitrogen functional groups attached to an aromatic ring is 1. The molecule has 0 saturated carbocycles. The van der Waals surface area contributed by atoms with Crippen molar-refractivity contribution >= 4 is 17.3 Å². The van der Waals surface area contributed by atoms with Crippen molar-refractivity contribution in [2.45, 2.75) is 13.3 Å². The van der Waals surface area contributed by atoms with Crippen LogP contribution in [0.25, 0.3) is 0 Å². The van der Waals surface area contributed by atoms with Crippen LogP contribution in [-0.4, -0.2) is 5.91 Å². The maximum Gasteiger partial charge on any atom is 0.255 e. The van der Waals surface area contributed by atoms with Gasteiger partial charge in [-0.2, -0.15) is 5.26 Å². The Morgan fingerprint density at radius 3 is 2.70 bits per heavy atom. The zero-order chi connectivity index (χ0) is 14.5. The van der Waals surface area contributed by atoms with Crippen LogP contribution < -0.4 is 11.1 Å². The molecule has 0 unspecified atom stereocenters. The highest BCUT2D eigenvalue weighted by molar-refractivity contribution is 6.06. The average Bonchev–Trinajstić information content (AvgIpc) is 2.49. The van der Waals surface area contributed by atoms with Crippen molar-refractivity contribution in [3.8, 4) is 6.07 Å². The number of amides is 1. The van der Waals surface area contributed by atoms with E-state index in [9.17, 15) is 4.79 Å². The van der Waals surface area contributed by atoms with E-state index in [1.54, 1.807) is 24.3 Å². The number of nitriles is 1. The van der Waals surface area contributed by atoms with Gasteiger partial charge in [-0.1, -0.05) is 25.1 Å². The zero-order valence-corrected chi connectivity index (χ0v) is 11.2. The third kappa shape index (κ3) is 2.78. The number of hydrogen-bond donors (Lipinski definition) is 2. The van der Waals surface area contributed by atoms with Gasteiger partial charge in [-0.15, -0.1) is 0 Å². The van der Waals surface area contributed by atoms with E-state index in [4.69, 9.17) is 11.0 Å². The lowest BCUT2D eigenvalue weighted by molar-refractivity contribution is 0.102. The lowest BCUT2D eigenvalue weighted by Crippen LogP contribution is -2.15. The number of anilines is 2. The lowest BCUT2D eigenvalue weighted by atomic mass is 10.0. The molecule has 2 aromatic rings. The highest BCUT2D eigenvalue weighted by Gasteiger charge is 2.11. The van der Waals surface area contributed by atoms with E-state index in [1.807, 2.05) is 31.2 Å². The Morgan fingerprint density at radius 2 is 2.05 bits per heavy atom. The summed E-state index contributed by atoms with van der Waals surface area (Å²) < 4.78 is 0. The highest BCUT2D eigenvalue weighted by Crippen LogP contribution is 2.21. The Labute approximate surface area is 117 Å². The molecule has 3 N–H and O–H groups in total. The van der Waals surface area contributed by atoms with Crippen LogP contribution in [0.2, 0.25) is 0 Å². The summed E-state index contributed by atoms with van der Waals surface area (Å²) in [6.45, 7) is 2.00. The van der Waals surface area contributed by atoms with Crippen LogP contribution in [0.1, 0.15) is 28.4 Å². The van der Waals surface area contributed by atoms with Gasteiger partial charge >= 0.3 is 0 Å². The molecule has 4 nitrogen and oxygen atoms in total. The first kappa shape index (κ1) is 13.6. The molecule has 0 saturated heterocycles. The number of aryl methyl sites for hydroxylation is 1. The maximum atomic E-state index is 12.3. The second-order valence-corrected chi connectivity index (χ2v) is 4.38. The summed E-state index contributed by atoms with van der Waals surface area (Å²) in [5.41, 5.74) is 8.81. The predicted octanol–water partition coefficient (Wildman–Crippen LogP) is 2.96. The van der Waals surface area contributed by atoms with Gasteiger partial charge in [0.2, 0.25) is 0 Å². The third-order valence-corrected chi connectivity index (χ3v) is 3.07. The molecule has 0 heterocycles. The number of carbonyl (C=O) groups excluding carboxylic acids is 1. The van der Waals surface area contributed by atoms with Gasteiger partial charge in [0.15, 0.2) is 0 Å². The molecule has 0 fully saturated rings. The molecule has 20 heavy (non-hydrogen) atoms. The monoisotopic (exact) mass is 265 g/mol. The van der Waals surface area contributed by atoms with Crippen LogP contribution in [0.3, 0.4) is 0 Å². The molecule has 0 atom stereocenters. The van der Waals surface area contributed by atoms with Gasteiger partial charge in [0.25, 0.3) is 5.91 Å². The fraction of sp³-hybridized carbons (Fsp3) is 0.125. The first-order valence-electron chi connectivity index (χ1n) is 6.34. The first-order valence-corrected chi connectivity index (χ1v) is 6.34. The fourth-order valence-corrected chi connectivity index (χ4v) is 1.99.